The average molecular weight is 397 g/mol. The maximum atomic E-state index is 9.02. The molecule has 0 aliphatic carbocycles. The molecule has 6 heteroatoms. The Morgan fingerprint density at radius 2 is 1.22 bits per heavy atom. The Morgan fingerprint density at radius 1 is 0.741 bits per heavy atom. The van der Waals surface area contributed by atoms with Gasteiger partial charge < -0.3 is 4.74 Å². The Labute approximate surface area is 162 Å². The van der Waals surface area contributed by atoms with Gasteiger partial charge in [-0.3, -0.25) is 0 Å². The second kappa shape index (κ2) is 9.27. The maximum absolute atomic E-state index is 9.02. The van der Waals surface area contributed by atoms with Crippen LogP contribution < -0.4 is 9.23 Å². The third-order valence-electron chi connectivity index (χ3n) is 3.56. The SMILES string of the molecule is N#COc1ccc(N=Cc2ccc(C=Nc3cc[c]([Co]#[N])cc3)cc2)cc1. The Bertz CT molecular complexity index is 1040. The molecule has 0 heterocycles. The smallest absolute Gasteiger partial charge is 0.0160 e. The number of aliphatic imine (C=N–C) groups is 2. The van der Waals surface area contributed by atoms with E-state index in [4.69, 9.17) is 14.2 Å². The summed E-state index contributed by atoms with van der Waals surface area (Å²) in [4.78, 5) is 8.82. The van der Waals surface area contributed by atoms with E-state index in [1.165, 1.54) is 0 Å². The van der Waals surface area contributed by atoms with Crippen molar-refractivity contribution in [3.8, 4) is 12.0 Å². The predicted molar refractivity (Wildman–Crippen MR) is 101 cm³/mol. The second-order valence-corrected chi connectivity index (χ2v) is 6.23. The van der Waals surface area contributed by atoms with Gasteiger partial charge in [-0.05, 0) is 24.3 Å². The molecule has 0 aliphatic rings. The van der Waals surface area contributed by atoms with Gasteiger partial charge in [0.1, 0.15) is 5.75 Å². The summed E-state index contributed by atoms with van der Waals surface area (Å²) in [5.41, 5.74) is 3.55. The molecule has 0 aromatic heterocycles. The summed E-state index contributed by atoms with van der Waals surface area (Å²) in [6, 6.07) is 22.2. The minimum Gasteiger partial charge on any atom is -0.0327 e. The van der Waals surface area contributed by atoms with Gasteiger partial charge in [0.2, 0.25) is 0 Å². The van der Waals surface area contributed by atoms with Crippen LogP contribution in [0.15, 0.2) is 82.8 Å². The molecule has 0 amide bonds. The topological polar surface area (TPSA) is 81.5 Å². The number of nitrogens with zero attached hydrogens (tertiary/aromatic N) is 4. The largest absolute Gasteiger partial charge is 0.0327 e. The summed E-state index contributed by atoms with van der Waals surface area (Å²) in [6.07, 6.45) is 5.20. The first kappa shape index (κ1) is 18.3. The predicted octanol–water partition coefficient (Wildman–Crippen LogP) is 4.23. The first-order valence-electron chi connectivity index (χ1n) is 7.95. The molecule has 0 atom stereocenters. The standard InChI is InChI=1S/C21H14N3O.Co.N/c22-16-25-21-12-10-20(11-13-21)24-15-18-8-6-17(7-9-18)14-23-19-4-2-1-3-5-19;;/h2-15H;;. The van der Waals surface area contributed by atoms with E-state index in [9.17, 15) is 0 Å². The number of ether oxygens (including phenoxy) is 1. The van der Waals surface area contributed by atoms with Crippen LogP contribution in [-0.4, -0.2) is 12.4 Å². The third kappa shape index (κ3) is 5.49. The molecule has 0 N–H and O–H groups in total. The fourth-order valence-electron chi connectivity index (χ4n) is 2.19. The number of benzene rings is 3. The monoisotopic (exact) mass is 397 g/mol. The van der Waals surface area contributed by atoms with Gasteiger partial charge in [0.05, 0.1) is 5.69 Å². The molecule has 0 aliphatic heterocycles. The molecule has 0 spiro atoms. The quantitative estimate of drug-likeness (QED) is 0.477. The maximum Gasteiger partial charge on any atom is -0.0160 e. The summed E-state index contributed by atoms with van der Waals surface area (Å²) in [7, 11) is 0. The van der Waals surface area contributed by atoms with Gasteiger partial charge in [-0.1, -0.05) is 0 Å². The molecule has 3 aromatic carbocycles. The van der Waals surface area contributed by atoms with Gasteiger partial charge in [0.15, 0.2) is 0 Å². The van der Waals surface area contributed by atoms with Crippen LogP contribution in [0, 0.1) is 15.8 Å². The number of hydrogen-bond acceptors (Lipinski definition) is 5. The zero-order valence-electron chi connectivity index (χ0n) is 14.1. The van der Waals surface area contributed by atoms with Gasteiger partial charge >= 0.3 is 111 Å². The van der Waals surface area contributed by atoms with Crippen LogP contribution in [0.2, 0.25) is 0 Å². The Kier molecular flexibility index (Phi) is 6.29. The second-order valence-electron chi connectivity index (χ2n) is 5.40. The minimum atomic E-state index is 0.289. The van der Waals surface area contributed by atoms with Gasteiger partial charge in [0, 0.05) is 0 Å². The van der Waals surface area contributed by atoms with E-state index >= 15 is 0 Å². The van der Waals surface area contributed by atoms with E-state index in [0.29, 0.717) is 5.75 Å². The van der Waals surface area contributed by atoms with Crippen molar-refractivity contribution in [1.29, 1.82) is 9.50 Å². The van der Waals surface area contributed by atoms with E-state index in [-0.39, 0.29) is 14.3 Å². The van der Waals surface area contributed by atoms with Crippen LogP contribution in [0.5, 0.6) is 5.75 Å². The number of rotatable bonds is 5. The van der Waals surface area contributed by atoms with Crippen molar-refractivity contribution < 1.29 is 19.1 Å². The zero-order chi connectivity index (χ0) is 18.9. The summed E-state index contributed by atoms with van der Waals surface area (Å²) < 4.78 is 14.6. The molecule has 3 rings (SSSR count). The van der Waals surface area contributed by atoms with Crippen LogP contribution >= 0.6 is 0 Å². The first-order chi connectivity index (χ1) is 13.3. The Morgan fingerprint density at radius 3 is 1.67 bits per heavy atom. The van der Waals surface area contributed by atoms with Crippen molar-refractivity contribution in [1.82, 2.24) is 0 Å². The van der Waals surface area contributed by atoms with E-state index in [0.717, 1.165) is 27.0 Å². The molecule has 5 nitrogen and oxygen atoms in total. The fraction of sp³-hybridized carbons (Fsp3) is 0. The van der Waals surface area contributed by atoms with E-state index in [1.54, 1.807) is 42.9 Å². The van der Waals surface area contributed by atoms with E-state index in [2.05, 4.69) is 9.98 Å². The molecule has 0 bridgehead atoms. The molecule has 27 heavy (non-hydrogen) atoms. The van der Waals surface area contributed by atoms with Crippen LogP contribution in [0.1, 0.15) is 11.1 Å². The minimum absolute atomic E-state index is 0.289. The van der Waals surface area contributed by atoms with Crippen LogP contribution in [-0.2, 0) is 14.3 Å². The molecular weight excluding hydrogens is 383 g/mol. The molecule has 3 aromatic rings. The first-order valence-corrected chi connectivity index (χ1v) is 8.94. The molecule has 0 unspecified atom stereocenters. The van der Waals surface area contributed by atoms with Crippen molar-refractivity contribution in [3.05, 3.63) is 83.9 Å². The molecule has 0 fully saturated rings. The van der Waals surface area contributed by atoms with Crippen molar-refractivity contribution in [2.75, 3.05) is 0 Å². The van der Waals surface area contributed by atoms with E-state index < -0.39 is 0 Å². The molecular formula is C21H14CoN4O. The number of hydrogen-bond donors (Lipinski definition) is 0. The van der Waals surface area contributed by atoms with Crippen molar-refractivity contribution >= 4 is 28.3 Å². The third-order valence-corrected chi connectivity index (χ3v) is 4.18. The Hall–Kier alpha value is -3.49. The fourth-order valence-corrected chi connectivity index (χ4v) is 2.52. The van der Waals surface area contributed by atoms with E-state index in [1.807, 2.05) is 48.5 Å². The average Bonchev–Trinajstić information content (AvgIpc) is 2.73. The van der Waals surface area contributed by atoms with Crippen LogP contribution in [0.25, 0.3) is 0 Å². The van der Waals surface area contributed by atoms with Crippen LogP contribution in [0.4, 0.5) is 11.4 Å². The molecule has 0 saturated carbocycles. The number of nitriles is 1. The Balaban J connectivity index is 1.63. The summed E-state index contributed by atoms with van der Waals surface area (Å²) in [6.45, 7) is 0. The summed E-state index contributed by atoms with van der Waals surface area (Å²) in [5, 5.41) is 8.47. The summed E-state index contributed by atoms with van der Waals surface area (Å²) in [5.74, 6) is 0.491. The van der Waals surface area contributed by atoms with Gasteiger partial charge in [-0.25, -0.2) is 0 Å². The summed E-state index contributed by atoms with van der Waals surface area (Å²) >= 11 is 0.289. The normalized spacial score (nSPS) is 10.9. The van der Waals surface area contributed by atoms with Gasteiger partial charge in [-0.15, -0.1) is 5.26 Å². The molecule has 0 radical (unpaired) electrons. The van der Waals surface area contributed by atoms with Crippen LogP contribution in [0.3, 0.4) is 0 Å². The van der Waals surface area contributed by atoms with Crippen molar-refractivity contribution in [2.24, 2.45) is 9.98 Å². The van der Waals surface area contributed by atoms with Crippen molar-refractivity contribution in [2.45, 2.75) is 0 Å². The van der Waals surface area contributed by atoms with Gasteiger partial charge in [-0.2, -0.15) is 0 Å². The van der Waals surface area contributed by atoms with Crippen molar-refractivity contribution in [3.63, 3.8) is 0 Å². The van der Waals surface area contributed by atoms with Gasteiger partial charge in [0.25, 0.3) is 6.26 Å². The molecule has 0 saturated heterocycles. The molecule has 133 valence electrons. The zero-order valence-corrected chi connectivity index (χ0v) is 15.2.